The Hall–Kier alpha value is -6.39. The fourth-order valence-electron chi connectivity index (χ4n) is 6.32. The van der Waals surface area contributed by atoms with E-state index in [0.29, 0.717) is 17.5 Å². The Balaban J connectivity index is 1.12. The first-order valence-electron chi connectivity index (χ1n) is 15.7. The van der Waals surface area contributed by atoms with Crippen LogP contribution in [-0.4, -0.2) is 15.0 Å². The average molecular weight is 602 g/mol. The number of benzene rings is 7. The molecule has 0 aliphatic carbocycles. The van der Waals surface area contributed by atoms with Gasteiger partial charge in [-0.1, -0.05) is 133 Å². The zero-order valence-electron chi connectivity index (χ0n) is 25.3. The van der Waals surface area contributed by atoms with Crippen molar-refractivity contribution in [2.45, 2.75) is 0 Å². The fourth-order valence-corrected chi connectivity index (χ4v) is 6.32. The molecule has 0 atom stereocenters. The van der Waals surface area contributed by atoms with Crippen LogP contribution in [0.5, 0.6) is 0 Å². The molecule has 0 saturated heterocycles. The first-order valence-corrected chi connectivity index (χ1v) is 15.7. The Morgan fingerprint density at radius 2 is 0.830 bits per heavy atom. The van der Waals surface area contributed by atoms with E-state index in [1.165, 1.54) is 5.56 Å². The second-order valence-electron chi connectivity index (χ2n) is 11.7. The molecule has 0 radical (unpaired) electrons. The highest BCUT2D eigenvalue weighted by molar-refractivity contribution is 6.15. The number of furan rings is 1. The van der Waals surface area contributed by atoms with Crippen molar-refractivity contribution in [2.24, 2.45) is 0 Å². The van der Waals surface area contributed by atoms with Crippen molar-refractivity contribution in [3.8, 4) is 56.4 Å². The lowest BCUT2D eigenvalue weighted by Crippen LogP contribution is -2.00. The van der Waals surface area contributed by atoms with E-state index in [-0.39, 0.29) is 0 Å². The SMILES string of the molecule is c1ccc(-c2ccc(-c3nc(-c4ccccc4)nc(-c4cccc(-c5ccc6c(ccc7c8ccccc8oc67)c5)c4)n3)cc2)cc1. The quantitative estimate of drug-likeness (QED) is 0.197. The lowest BCUT2D eigenvalue weighted by atomic mass is 9.98. The van der Waals surface area contributed by atoms with E-state index in [1.54, 1.807) is 0 Å². The van der Waals surface area contributed by atoms with Crippen molar-refractivity contribution < 1.29 is 4.42 Å². The lowest BCUT2D eigenvalue weighted by molar-refractivity contribution is 0.672. The van der Waals surface area contributed by atoms with Gasteiger partial charge >= 0.3 is 0 Å². The summed E-state index contributed by atoms with van der Waals surface area (Å²) >= 11 is 0. The zero-order valence-corrected chi connectivity index (χ0v) is 25.3. The van der Waals surface area contributed by atoms with Crippen LogP contribution in [0.4, 0.5) is 0 Å². The van der Waals surface area contributed by atoms with Gasteiger partial charge in [-0.05, 0) is 58.0 Å². The number of rotatable bonds is 5. The van der Waals surface area contributed by atoms with E-state index in [0.717, 1.165) is 66.1 Å². The number of hydrogen-bond acceptors (Lipinski definition) is 4. The van der Waals surface area contributed by atoms with Gasteiger partial charge in [0, 0.05) is 32.8 Å². The summed E-state index contributed by atoms with van der Waals surface area (Å²) in [5.74, 6) is 1.91. The first-order chi connectivity index (χ1) is 23.3. The molecule has 2 heterocycles. The van der Waals surface area contributed by atoms with E-state index in [9.17, 15) is 0 Å². The fraction of sp³-hybridized carbons (Fsp3) is 0. The molecule has 9 aromatic rings. The van der Waals surface area contributed by atoms with Gasteiger partial charge in [0.15, 0.2) is 17.5 Å². The molecule has 0 saturated carbocycles. The maximum Gasteiger partial charge on any atom is 0.164 e. The molecule has 0 aliphatic heterocycles. The summed E-state index contributed by atoms with van der Waals surface area (Å²) in [6.45, 7) is 0. The van der Waals surface area contributed by atoms with Crippen LogP contribution in [0.1, 0.15) is 0 Å². The predicted molar refractivity (Wildman–Crippen MR) is 192 cm³/mol. The molecule has 2 aromatic heterocycles. The van der Waals surface area contributed by atoms with Gasteiger partial charge in [-0.25, -0.2) is 15.0 Å². The smallest absolute Gasteiger partial charge is 0.164 e. The largest absolute Gasteiger partial charge is 0.455 e. The number of nitrogens with zero attached hydrogens (tertiary/aromatic N) is 3. The van der Waals surface area contributed by atoms with E-state index in [4.69, 9.17) is 19.4 Å². The van der Waals surface area contributed by atoms with Gasteiger partial charge < -0.3 is 4.42 Å². The van der Waals surface area contributed by atoms with Crippen LogP contribution >= 0.6 is 0 Å². The van der Waals surface area contributed by atoms with E-state index < -0.39 is 0 Å². The molecular formula is C43H27N3O. The molecule has 0 amide bonds. The van der Waals surface area contributed by atoms with E-state index >= 15 is 0 Å². The van der Waals surface area contributed by atoms with Gasteiger partial charge in [-0.2, -0.15) is 0 Å². The highest BCUT2D eigenvalue weighted by atomic mass is 16.3. The molecule has 7 aromatic carbocycles. The topological polar surface area (TPSA) is 51.8 Å². The maximum absolute atomic E-state index is 6.29. The standard InChI is InChI=1S/C43H27N3O/c1-3-10-28(11-4-1)29-18-20-31(21-19-29)42-44-41(30-12-5-2-6-13-30)45-43(46-42)35-15-9-14-32(27-35)33-22-24-36-34(26-33)23-25-38-37-16-7-8-17-39(37)47-40(36)38/h1-27H. The Labute approximate surface area is 271 Å². The number of aromatic nitrogens is 3. The van der Waals surface area contributed by atoms with Crippen molar-refractivity contribution in [3.05, 3.63) is 164 Å². The second kappa shape index (κ2) is 11.2. The Morgan fingerprint density at radius 3 is 1.60 bits per heavy atom. The normalized spacial score (nSPS) is 11.4. The molecule has 47 heavy (non-hydrogen) atoms. The zero-order chi connectivity index (χ0) is 31.2. The molecular weight excluding hydrogens is 574 g/mol. The minimum Gasteiger partial charge on any atom is -0.455 e. The molecule has 9 rings (SSSR count). The lowest BCUT2D eigenvalue weighted by Gasteiger charge is -2.10. The van der Waals surface area contributed by atoms with Crippen molar-refractivity contribution >= 4 is 32.7 Å². The Morgan fingerprint density at radius 1 is 0.319 bits per heavy atom. The van der Waals surface area contributed by atoms with Crippen molar-refractivity contribution in [2.75, 3.05) is 0 Å². The summed E-state index contributed by atoms with van der Waals surface area (Å²) in [6.07, 6.45) is 0. The van der Waals surface area contributed by atoms with Gasteiger partial charge in [0.25, 0.3) is 0 Å². The minimum absolute atomic E-state index is 0.632. The van der Waals surface area contributed by atoms with Crippen molar-refractivity contribution in [1.29, 1.82) is 0 Å². The molecule has 4 nitrogen and oxygen atoms in total. The van der Waals surface area contributed by atoms with Gasteiger partial charge in [-0.3, -0.25) is 0 Å². The minimum atomic E-state index is 0.632. The third-order valence-corrected chi connectivity index (χ3v) is 8.73. The monoisotopic (exact) mass is 601 g/mol. The highest BCUT2D eigenvalue weighted by Gasteiger charge is 2.14. The molecule has 0 aliphatic rings. The third-order valence-electron chi connectivity index (χ3n) is 8.73. The Bertz CT molecular complexity index is 2550. The molecule has 4 heteroatoms. The summed E-state index contributed by atoms with van der Waals surface area (Å²) in [5, 5.41) is 4.51. The van der Waals surface area contributed by atoms with Gasteiger partial charge in [0.05, 0.1) is 0 Å². The maximum atomic E-state index is 6.29. The van der Waals surface area contributed by atoms with Crippen LogP contribution < -0.4 is 0 Å². The van der Waals surface area contributed by atoms with E-state index in [1.807, 2.05) is 48.5 Å². The van der Waals surface area contributed by atoms with Gasteiger partial charge in [0.1, 0.15) is 11.2 Å². The number of para-hydroxylation sites is 1. The van der Waals surface area contributed by atoms with E-state index in [2.05, 4.69) is 115 Å². The summed E-state index contributed by atoms with van der Waals surface area (Å²) in [4.78, 5) is 14.9. The van der Waals surface area contributed by atoms with Crippen LogP contribution in [0.2, 0.25) is 0 Å². The summed E-state index contributed by atoms with van der Waals surface area (Å²) in [7, 11) is 0. The van der Waals surface area contributed by atoms with Gasteiger partial charge in [-0.15, -0.1) is 0 Å². The van der Waals surface area contributed by atoms with Crippen molar-refractivity contribution in [3.63, 3.8) is 0 Å². The average Bonchev–Trinajstić information content (AvgIpc) is 3.54. The first kappa shape index (κ1) is 27.0. The van der Waals surface area contributed by atoms with Gasteiger partial charge in [0.2, 0.25) is 0 Å². The summed E-state index contributed by atoms with van der Waals surface area (Å²) in [5.41, 5.74) is 9.17. The molecule has 0 N–H and O–H groups in total. The van der Waals surface area contributed by atoms with Crippen LogP contribution in [0.25, 0.3) is 89.1 Å². The Kier molecular flexibility index (Phi) is 6.43. The summed E-state index contributed by atoms with van der Waals surface area (Å²) < 4.78 is 6.29. The van der Waals surface area contributed by atoms with Crippen molar-refractivity contribution in [1.82, 2.24) is 15.0 Å². The van der Waals surface area contributed by atoms with Crippen LogP contribution in [-0.2, 0) is 0 Å². The number of fused-ring (bicyclic) bond motifs is 5. The number of hydrogen-bond donors (Lipinski definition) is 0. The molecule has 220 valence electrons. The second-order valence-corrected chi connectivity index (χ2v) is 11.7. The molecule has 0 unspecified atom stereocenters. The summed E-state index contributed by atoms with van der Waals surface area (Å²) in [6, 6.07) is 56.4. The molecule has 0 spiro atoms. The molecule has 0 bridgehead atoms. The van der Waals surface area contributed by atoms with Crippen LogP contribution in [0.15, 0.2) is 168 Å². The van der Waals surface area contributed by atoms with Crippen LogP contribution in [0, 0.1) is 0 Å². The molecule has 0 fully saturated rings. The highest BCUT2D eigenvalue weighted by Crippen LogP contribution is 2.36. The van der Waals surface area contributed by atoms with Crippen LogP contribution in [0.3, 0.4) is 0 Å². The third kappa shape index (κ3) is 4.93. The predicted octanol–water partition coefficient (Wildman–Crippen LogP) is 11.3.